The number of hydrogen-bond donors (Lipinski definition) is 0. The molecule has 0 saturated carbocycles. The van der Waals surface area contributed by atoms with Crippen LogP contribution < -0.4 is 19.1 Å². The second kappa shape index (κ2) is 8.33. The molecule has 3 heterocycles. The lowest BCUT2D eigenvalue weighted by Crippen LogP contribution is -2.36. The number of ether oxygens (including phenoxy) is 3. The SMILES string of the molecule is C=CCSc1nnc2c(n1)O[C@@H](c1cc3c(cc1Cl)OCO3)N(C(C)=O)c1ccccc1-2. The summed E-state index contributed by atoms with van der Waals surface area (Å²) in [6.07, 6.45) is 0.841. The zero-order chi connectivity index (χ0) is 22.2. The minimum absolute atomic E-state index is 0.101. The number of thioether (sulfide) groups is 1. The van der Waals surface area contributed by atoms with Crippen molar-refractivity contribution in [2.45, 2.75) is 18.3 Å². The number of hydrogen-bond acceptors (Lipinski definition) is 8. The van der Waals surface area contributed by atoms with Gasteiger partial charge in [0.1, 0.15) is 0 Å². The highest BCUT2D eigenvalue weighted by atomic mass is 35.5. The fourth-order valence-corrected chi connectivity index (χ4v) is 4.33. The van der Waals surface area contributed by atoms with Crippen LogP contribution in [0.3, 0.4) is 0 Å². The second-order valence-corrected chi connectivity index (χ2v) is 8.35. The Hall–Kier alpha value is -3.30. The van der Waals surface area contributed by atoms with Crippen molar-refractivity contribution in [2.24, 2.45) is 0 Å². The van der Waals surface area contributed by atoms with Gasteiger partial charge in [-0.3, -0.25) is 9.69 Å². The zero-order valence-electron chi connectivity index (χ0n) is 16.9. The van der Waals surface area contributed by atoms with Crippen molar-refractivity contribution in [3.63, 3.8) is 0 Å². The summed E-state index contributed by atoms with van der Waals surface area (Å²) in [6, 6.07) is 10.8. The van der Waals surface area contributed by atoms with Crippen molar-refractivity contribution in [1.29, 1.82) is 0 Å². The number of nitrogens with zero attached hydrogens (tertiary/aromatic N) is 4. The Bertz CT molecular complexity index is 1240. The first-order chi connectivity index (χ1) is 15.6. The van der Waals surface area contributed by atoms with Crippen LogP contribution in [0.15, 0.2) is 54.2 Å². The number of benzene rings is 2. The highest BCUT2D eigenvalue weighted by Crippen LogP contribution is 2.46. The lowest BCUT2D eigenvalue weighted by Gasteiger charge is -2.30. The molecule has 0 unspecified atom stereocenters. The van der Waals surface area contributed by atoms with Crippen molar-refractivity contribution in [3.05, 3.63) is 59.6 Å². The largest absolute Gasteiger partial charge is 0.454 e. The van der Waals surface area contributed by atoms with E-state index in [4.69, 9.17) is 25.8 Å². The molecule has 32 heavy (non-hydrogen) atoms. The molecule has 162 valence electrons. The Kier molecular flexibility index (Phi) is 5.36. The normalized spacial score (nSPS) is 15.9. The van der Waals surface area contributed by atoms with E-state index >= 15 is 0 Å². The summed E-state index contributed by atoms with van der Waals surface area (Å²) >= 11 is 7.98. The average Bonchev–Trinajstić information content (AvgIpc) is 3.18. The lowest BCUT2D eigenvalue weighted by molar-refractivity contribution is -0.118. The third-order valence-corrected chi connectivity index (χ3v) is 6.10. The number of rotatable bonds is 4. The number of carbonyl (C=O) groups is 1. The van der Waals surface area contributed by atoms with Gasteiger partial charge in [0.25, 0.3) is 0 Å². The molecule has 0 spiro atoms. The summed E-state index contributed by atoms with van der Waals surface area (Å²) in [5.41, 5.74) is 2.26. The van der Waals surface area contributed by atoms with E-state index in [1.165, 1.54) is 23.6 Å². The molecule has 2 aliphatic rings. The van der Waals surface area contributed by atoms with Gasteiger partial charge < -0.3 is 14.2 Å². The van der Waals surface area contributed by atoms with Crippen molar-refractivity contribution in [3.8, 4) is 28.6 Å². The predicted molar refractivity (Wildman–Crippen MR) is 120 cm³/mol. The molecule has 0 fully saturated rings. The van der Waals surface area contributed by atoms with E-state index in [9.17, 15) is 4.79 Å². The zero-order valence-corrected chi connectivity index (χ0v) is 18.5. The Morgan fingerprint density at radius 2 is 2.06 bits per heavy atom. The van der Waals surface area contributed by atoms with Crippen LogP contribution >= 0.6 is 23.4 Å². The minimum Gasteiger partial charge on any atom is -0.454 e. The molecule has 3 aromatic rings. The van der Waals surface area contributed by atoms with Crippen LogP contribution in [0.25, 0.3) is 11.3 Å². The molecule has 1 aromatic heterocycles. The Morgan fingerprint density at radius 1 is 1.28 bits per heavy atom. The molecule has 8 nitrogen and oxygen atoms in total. The first-order valence-corrected chi connectivity index (χ1v) is 11.1. The molecule has 0 radical (unpaired) electrons. The van der Waals surface area contributed by atoms with Gasteiger partial charge in [0, 0.05) is 29.9 Å². The molecule has 0 saturated heterocycles. The average molecular weight is 469 g/mol. The van der Waals surface area contributed by atoms with Crippen LogP contribution in [-0.4, -0.2) is 33.6 Å². The van der Waals surface area contributed by atoms with Gasteiger partial charge in [-0.05, 0) is 12.1 Å². The maximum absolute atomic E-state index is 12.9. The number of amides is 1. The first kappa shape index (κ1) is 20.6. The van der Waals surface area contributed by atoms with Gasteiger partial charge in [-0.2, -0.15) is 4.98 Å². The molecule has 1 amide bonds. The third-order valence-electron chi connectivity index (χ3n) is 4.94. The second-order valence-electron chi connectivity index (χ2n) is 6.95. The van der Waals surface area contributed by atoms with Crippen molar-refractivity contribution < 1.29 is 19.0 Å². The van der Waals surface area contributed by atoms with E-state index < -0.39 is 6.23 Å². The molecular weight excluding hydrogens is 452 g/mol. The third kappa shape index (κ3) is 3.53. The Labute approximate surface area is 193 Å². The van der Waals surface area contributed by atoms with Gasteiger partial charge in [0.05, 0.1) is 10.7 Å². The van der Waals surface area contributed by atoms with Crippen LogP contribution in [-0.2, 0) is 4.79 Å². The maximum atomic E-state index is 12.9. The van der Waals surface area contributed by atoms with E-state index in [0.717, 1.165) is 0 Å². The molecule has 10 heteroatoms. The molecule has 1 atom stereocenters. The number of anilines is 1. The lowest BCUT2D eigenvalue weighted by atomic mass is 10.1. The summed E-state index contributed by atoms with van der Waals surface area (Å²) in [4.78, 5) is 19.0. The number of halogens is 1. The fraction of sp³-hybridized carbons (Fsp3) is 0.182. The monoisotopic (exact) mass is 468 g/mol. The molecule has 2 aliphatic heterocycles. The number of fused-ring (bicyclic) bond motifs is 4. The minimum atomic E-state index is -0.911. The molecule has 0 bridgehead atoms. The van der Waals surface area contributed by atoms with Crippen molar-refractivity contribution in [2.75, 3.05) is 17.4 Å². The smallest absolute Gasteiger partial charge is 0.247 e. The topological polar surface area (TPSA) is 86.7 Å². The highest BCUT2D eigenvalue weighted by Gasteiger charge is 2.36. The van der Waals surface area contributed by atoms with Crippen molar-refractivity contribution in [1.82, 2.24) is 15.2 Å². The standard InChI is InChI=1S/C22H17ClN4O4S/c1-3-8-32-22-24-20-19(25-26-22)13-6-4-5-7-16(13)27(12(2)28)21(31-20)14-9-17-18(10-15(14)23)30-11-29-17/h3-7,9-10,21H,1,8,11H2,2H3/t21-/m0/s1. The van der Waals surface area contributed by atoms with Gasteiger partial charge >= 0.3 is 0 Å². The van der Waals surface area contributed by atoms with Gasteiger partial charge in [-0.1, -0.05) is 47.6 Å². The van der Waals surface area contributed by atoms with Crippen molar-refractivity contribution >= 4 is 35.0 Å². The van der Waals surface area contributed by atoms with E-state index in [2.05, 4.69) is 21.8 Å². The number of carbonyl (C=O) groups excluding carboxylic acids is 1. The number of aromatic nitrogens is 3. The highest BCUT2D eigenvalue weighted by molar-refractivity contribution is 7.99. The quantitative estimate of drug-likeness (QED) is 0.404. The van der Waals surface area contributed by atoms with Crippen LogP contribution in [0.1, 0.15) is 18.7 Å². The number of para-hydroxylation sites is 1. The van der Waals surface area contributed by atoms with Gasteiger partial charge in [-0.25, -0.2) is 0 Å². The van der Waals surface area contributed by atoms with E-state index in [0.29, 0.717) is 49.9 Å². The van der Waals surface area contributed by atoms with E-state index in [1.807, 2.05) is 24.3 Å². The van der Waals surface area contributed by atoms with E-state index in [1.54, 1.807) is 18.2 Å². The van der Waals surface area contributed by atoms with Crippen LogP contribution in [0, 0.1) is 0 Å². The van der Waals surface area contributed by atoms with Gasteiger partial charge in [-0.15, -0.1) is 16.8 Å². The molecule has 2 aromatic carbocycles. The molecule has 5 rings (SSSR count). The van der Waals surface area contributed by atoms with E-state index in [-0.39, 0.29) is 18.6 Å². The van der Waals surface area contributed by atoms with Gasteiger partial charge in [0.15, 0.2) is 17.2 Å². The van der Waals surface area contributed by atoms with Crippen LogP contribution in [0.2, 0.25) is 5.02 Å². The summed E-state index contributed by atoms with van der Waals surface area (Å²) in [6.45, 7) is 5.29. The van der Waals surface area contributed by atoms with Crippen LogP contribution in [0.4, 0.5) is 5.69 Å². The summed E-state index contributed by atoms with van der Waals surface area (Å²) in [7, 11) is 0. The molecule has 0 aliphatic carbocycles. The fourth-order valence-electron chi connectivity index (χ4n) is 3.57. The summed E-state index contributed by atoms with van der Waals surface area (Å²) in [5, 5.41) is 9.39. The van der Waals surface area contributed by atoms with Crippen LogP contribution in [0.5, 0.6) is 17.4 Å². The summed E-state index contributed by atoms with van der Waals surface area (Å²) in [5.74, 6) is 1.69. The van der Waals surface area contributed by atoms with Gasteiger partial charge in [0.2, 0.25) is 30.0 Å². The molecular formula is C22H17ClN4O4S. The Balaban J connectivity index is 1.71. The first-order valence-electron chi connectivity index (χ1n) is 9.70. The summed E-state index contributed by atoms with van der Waals surface area (Å²) < 4.78 is 17.3. The maximum Gasteiger partial charge on any atom is 0.247 e. The Morgan fingerprint density at radius 3 is 2.84 bits per heavy atom. The predicted octanol–water partition coefficient (Wildman–Crippen LogP) is 4.64. The molecule has 0 N–H and O–H groups in total.